The predicted octanol–water partition coefficient (Wildman–Crippen LogP) is 0.112. The Hall–Kier alpha value is -1.41. The number of nitrogens with zero attached hydrogens (tertiary/aromatic N) is 2. The van der Waals surface area contributed by atoms with E-state index in [2.05, 4.69) is 15.3 Å². The summed E-state index contributed by atoms with van der Waals surface area (Å²) < 4.78 is 0. The van der Waals surface area contributed by atoms with Crippen molar-refractivity contribution in [1.82, 2.24) is 9.97 Å². The van der Waals surface area contributed by atoms with Crippen LogP contribution in [0.25, 0.3) is 0 Å². The maximum absolute atomic E-state index is 11.8. The van der Waals surface area contributed by atoms with Crippen molar-refractivity contribution < 1.29 is 0 Å². The van der Waals surface area contributed by atoms with E-state index in [1.54, 1.807) is 0 Å². The zero-order valence-corrected chi connectivity index (χ0v) is 11.4. The fourth-order valence-electron chi connectivity index (χ4n) is 2.54. The highest BCUT2D eigenvalue weighted by Gasteiger charge is 2.32. The molecule has 0 radical (unpaired) electrons. The number of thioether (sulfide) groups is 1. The summed E-state index contributed by atoms with van der Waals surface area (Å²) in [4.78, 5) is 20.4. The topological polar surface area (TPSA) is 113 Å². The lowest BCUT2D eigenvalue weighted by Gasteiger charge is -2.29. The molecule has 1 fully saturated rings. The zero-order chi connectivity index (χ0) is 13.4. The van der Waals surface area contributed by atoms with Gasteiger partial charge in [0, 0.05) is 11.8 Å². The molecule has 8 heteroatoms. The van der Waals surface area contributed by atoms with Gasteiger partial charge in [0.2, 0.25) is 5.95 Å². The Bertz CT molecular complexity index is 526. The number of anilines is 3. The molecular formula is C11H18N6OS. The molecular weight excluding hydrogens is 264 g/mol. The molecule has 2 aliphatic rings. The molecule has 1 saturated heterocycles. The van der Waals surface area contributed by atoms with Gasteiger partial charge >= 0.3 is 0 Å². The maximum atomic E-state index is 11.8. The van der Waals surface area contributed by atoms with Gasteiger partial charge in [-0.1, -0.05) is 6.42 Å². The van der Waals surface area contributed by atoms with Crippen LogP contribution in [-0.4, -0.2) is 33.8 Å². The highest BCUT2D eigenvalue weighted by Crippen LogP contribution is 2.32. The third-order valence-electron chi connectivity index (χ3n) is 3.49. The van der Waals surface area contributed by atoms with Gasteiger partial charge in [-0.25, -0.2) is 0 Å². The zero-order valence-electron chi connectivity index (χ0n) is 10.6. The summed E-state index contributed by atoms with van der Waals surface area (Å²) >= 11 is 1.97. The number of aromatic nitrogens is 2. The fraction of sp³-hybridized carbons (Fsp3) is 0.636. The number of nitrogen functional groups attached to an aromatic ring is 1. The van der Waals surface area contributed by atoms with Crippen LogP contribution in [0.5, 0.6) is 0 Å². The first-order valence-corrected chi connectivity index (χ1v) is 7.50. The summed E-state index contributed by atoms with van der Waals surface area (Å²) in [6, 6.07) is 0. The lowest BCUT2D eigenvalue weighted by Crippen LogP contribution is -2.46. The minimum atomic E-state index is -0.409. The molecule has 0 aliphatic carbocycles. The largest absolute Gasteiger partial charge is 0.369 e. The Kier molecular flexibility index (Phi) is 3.28. The molecule has 0 saturated carbocycles. The molecule has 0 bridgehead atoms. The minimum absolute atomic E-state index is 0.126. The monoisotopic (exact) mass is 282 g/mol. The Morgan fingerprint density at radius 3 is 3.05 bits per heavy atom. The number of H-pyrrole nitrogens is 1. The molecule has 3 heterocycles. The lowest BCUT2D eigenvalue weighted by atomic mass is 10.2. The van der Waals surface area contributed by atoms with Crippen LogP contribution < -0.4 is 27.2 Å². The average Bonchev–Trinajstić information content (AvgIpc) is 2.69. The van der Waals surface area contributed by atoms with Crippen LogP contribution in [0.4, 0.5) is 17.5 Å². The van der Waals surface area contributed by atoms with E-state index in [-0.39, 0.29) is 11.5 Å². The van der Waals surface area contributed by atoms with Crippen molar-refractivity contribution in [2.75, 3.05) is 28.2 Å². The van der Waals surface area contributed by atoms with E-state index in [4.69, 9.17) is 11.5 Å². The third-order valence-corrected chi connectivity index (χ3v) is 4.87. The van der Waals surface area contributed by atoms with Gasteiger partial charge in [0.15, 0.2) is 12.1 Å². The first-order chi connectivity index (χ1) is 9.15. The Morgan fingerprint density at radius 2 is 2.32 bits per heavy atom. The molecule has 6 N–H and O–H groups in total. The van der Waals surface area contributed by atoms with Crippen LogP contribution in [0.1, 0.15) is 19.3 Å². The summed E-state index contributed by atoms with van der Waals surface area (Å²) in [5.41, 5.74) is 11.8. The van der Waals surface area contributed by atoms with Crippen molar-refractivity contribution >= 4 is 29.2 Å². The normalized spacial score (nSPS) is 26.1. The standard InChI is InChI=1S/C11H18N6OS/c12-10-15-8-7(9(18)16-10)14-11(13)17(8)5-6-3-1-2-4-19-6/h6,11,14H,1-5,13H2,(H3,12,15,16,18). The first kappa shape index (κ1) is 12.6. The van der Waals surface area contributed by atoms with Crippen molar-refractivity contribution in [3.63, 3.8) is 0 Å². The van der Waals surface area contributed by atoms with Crippen molar-refractivity contribution in [2.24, 2.45) is 5.73 Å². The molecule has 19 heavy (non-hydrogen) atoms. The van der Waals surface area contributed by atoms with Crippen LogP contribution in [0, 0.1) is 0 Å². The van der Waals surface area contributed by atoms with Gasteiger partial charge in [0.05, 0.1) is 0 Å². The SMILES string of the molecule is Nc1nc2c(c(=O)[nH]1)NC(N)N2CC1CCCCS1. The molecule has 2 atom stereocenters. The Morgan fingerprint density at radius 1 is 1.47 bits per heavy atom. The number of hydrogen-bond donors (Lipinski definition) is 4. The molecule has 3 rings (SSSR count). The van der Waals surface area contributed by atoms with Gasteiger partial charge in [-0.2, -0.15) is 16.7 Å². The van der Waals surface area contributed by atoms with Crippen molar-refractivity contribution in [3.8, 4) is 0 Å². The number of hydrogen-bond acceptors (Lipinski definition) is 7. The average molecular weight is 282 g/mol. The van der Waals surface area contributed by atoms with E-state index in [0.717, 1.165) is 6.54 Å². The highest BCUT2D eigenvalue weighted by molar-refractivity contribution is 7.99. The summed E-state index contributed by atoms with van der Waals surface area (Å²) in [7, 11) is 0. The lowest BCUT2D eigenvalue weighted by molar-refractivity contribution is 0.612. The van der Waals surface area contributed by atoms with E-state index >= 15 is 0 Å². The van der Waals surface area contributed by atoms with Gasteiger partial charge in [0.1, 0.15) is 5.69 Å². The van der Waals surface area contributed by atoms with E-state index in [1.807, 2.05) is 16.7 Å². The van der Waals surface area contributed by atoms with Crippen LogP contribution in [0.2, 0.25) is 0 Å². The van der Waals surface area contributed by atoms with E-state index < -0.39 is 6.29 Å². The van der Waals surface area contributed by atoms with E-state index in [1.165, 1.54) is 25.0 Å². The van der Waals surface area contributed by atoms with Crippen molar-refractivity contribution in [1.29, 1.82) is 0 Å². The van der Waals surface area contributed by atoms with Crippen LogP contribution >= 0.6 is 11.8 Å². The smallest absolute Gasteiger partial charge is 0.277 e. The number of nitrogens with one attached hydrogen (secondary N) is 2. The van der Waals surface area contributed by atoms with Gasteiger partial charge in [-0.3, -0.25) is 15.5 Å². The molecule has 1 aromatic heterocycles. The number of aromatic amines is 1. The number of rotatable bonds is 2. The van der Waals surface area contributed by atoms with Crippen LogP contribution in [-0.2, 0) is 0 Å². The van der Waals surface area contributed by atoms with Gasteiger partial charge in [-0.05, 0) is 18.6 Å². The maximum Gasteiger partial charge on any atom is 0.277 e. The molecule has 0 spiro atoms. The Balaban J connectivity index is 1.85. The van der Waals surface area contributed by atoms with Gasteiger partial charge in [0.25, 0.3) is 5.56 Å². The summed E-state index contributed by atoms with van der Waals surface area (Å²) in [6.07, 6.45) is 3.31. The molecule has 7 nitrogen and oxygen atoms in total. The molecule has 0 aromatic carbocycles. The highest BCUT2D eigenvalue weighted by atomic mass is 32.2. The van der Waals surface area contributed by atoms with E-state index in [9.17, 15) is 4.79 Å². The first-order valence-electron chi connectivity index (χ1n) is 6.45. The molecule has 104 valence electrons. The Labute approximate surface area is 115 Å². The molecule has 2 aliphatic heterocycles. The van der Waals surface area contributed by atoms with Crippen LogP contribution in [0.3, 0.4) is 0 Å². The molecule has 0 amide bonds. The summed E-state index contributed by atoms with van der Waals surface area (Å²) in [6.45, 7) is 0.793. The van der Waals surface area contributed by atoms with Gasteiger partial charge < -0.3 is 16.0 Å². The second-order valence-electron chi connectivity index (χ2n) is 4.88. The summed E-state index contributed by atoms with van der Waals surface area (Å²) in [5.74, 6) is 1.89. The fourth-order valence-corrected chi connectivity index (χ4v) is 3.85. The van der Waals surface area contributed by atoms with E-state index in [0.29, 0.717) is 16.8 Å². The predicted molar refractivity (Wildman–Crippen MR) is 78.3 cm³/mol. The van der Waals surface area contributed by atoms with Gasteiger partial charge in [-0.15, -0.1) is 0 Å². The quantitative estimate of drug-likeness (QED) is 0.609. The second kappa shape index (κ2) is 4.93. The number of fused-ring (bicyclic) bond motifs is 1. The number of nitrogens with two attached hydrogens (primary N) is 2. The molecule has 2 unspecified atom stereocenters. The second-order valence-corrected chi connectivity index (χ2v) is 6.29. The van der Waals surface area contributed by atoms with Crippen molar-refractivity contribution in [2.45, 2.75) is 30.8 Å². The van der Waals surface area contributed by atoms with Crippen molar-refractivity contribution in [3.05, 3.63) is 10.4 Å². The summed E-state index contributed by atoms with van der Waals surface area (Å²) in [5, 5.41) is 3.50. The molecule has 1 aromatic rings. The third kappa shape index (κ3) is 2.37. The minimum Gasteiger partial charge on any atom is -0.369 e. The van der Waals surface area contributed by atoms with Crippen LogP contribution in [0.15, 0.2) is 4.79 Å².